The molecule has 2 heterocycles. The molecule has 3 rings (SSSR count). The van der Waals surface area contributed by atoms with Crippen molar-refractivity contribution in [3.8, 4) is 5.75 Å². The van der Waals surface area contributed by atoms with Crippen molar-refractivity contribution in [1.29, 1.82) is 0 Å². The molecular weight excluding hydrogens is 336 g/mol. The summed E-state index contributed by atoms with van der Waals surface area (Å²) in [5.41, 5.74) is 1.08. The minimum atomic E-state index is -0.424. The highest BCUT2D eigenvalue weighted by molar-refractivity contribution is 5.55. The van der Waals surface area contributed by atoms with Crippen molar-refractivity contribution in [2.45, 2.75) is 6.04 Å². The predicted molar refractivity (Wildman–Crippen MR) is 97.5 cm³/mol. The monoisotopic (exact) mass is 358 g/mol. The van der Waals surface area contributed by atoms with E-state index in [1.807, 2.05) is 24.3 Å². The Bertz CT molecular complexity index is 732. The van der Waals surface area contributed by atoms with Gasteiger partial charge in [0.05, 0.1) is 31.3 Å². The number of benzene rings is 1. The highest BCUT2D eigenvalue weighted by Crippen LogP contribution is 2.26. The highest BCUT2D eigenvalue weighted by Gasteiger charge is 2.24. The van der Waals surface area contributed by atoms with E-state index in [2.05, 4.69) is 15.2 Å². The van der Waals surface area contributed by atoms with E-state index in [1.54, 1.807) is 19.4 Å². The molecule has 0 aliphatic carbocycles. The molecule has 1 aliphatic rings. The number of hydrogen-bond acceptors (Lipinski definition) is 7. The summed E-state index contributed by atoms with van der Waals surface area (Å²) in [6.07, 6.45) is 1.55. The summed E-state index contributed by atoms with van der Waals surface area (Å²) in [5.74, 6) is 1.08. The summed E-state index contributed by atoms with van der Waals surface area (Å²) in [5, 5.41) is 14.3. The Morgan fingerprint density at radius 2 is 2.04 bits per heavy atom. The fraction of sp³-hybridized carbons (Fsp3) is 0.389. The van der Waals surface area contributed by atoms with E-state index >= 15 is 0 Å². The van der Waals surface area contributed by atoms with Gasteiger partial charge in [-0.3, -0.25) is 15.0 Å². The summed E-state index contributed by atoms with van der Waals surface area (Å²) in [4.78, 5) is 17.2. The lowest BCUT2D eigenvalue weighted by Gasteiger charge is -2.35. The van der Waals surface area contributed by atoms with Crippen LogP contribution >= 0.6 is 0 Å². The van der Waals surface area contributed by atoms with Crippen LogP contribution in [0.25, 0.3) is 0 Å². The number of nitro groups is 1. The molecule has 1 saturated heterocycles. The van der Waals surface area contributed by atoms with Crippen LogP contribution in [-0.4, -0.2) is 54.8 Å². The molecule has 0 bridgehead atoms. The highest BCUT2D eigenvalue weighted by atomic mass is 16.6. The van der Waals surface area contributed by atoms with Gasteiger partial charge in [0.2, 0.25) is 5.82 Å². The Morgan fingerprint density at radius 1 is 1.31 bits per heavy atom. The number of rotatable bonds is 7. The Kier molecular flexibility index (Phi) is 5.98. The molecule has 0 saturated carbocycles. The van der Waals surface area contributed by atoms with Crippen molar-refractivity contribution < 1.29 is 14.4 Å². The van der Waals surface area contributed by atoms with E-state index in [9.17, 15) is 10.1 Å². The molecule has 0 radical (unpaired) electrons. The predicted octanol–water partition coefficient (Wildman–Crippen LogP) is 2.48. The van der Waals surface area contributed by atoms with Crippen molar-refractivity contribution in [3.63, 3.8) is 0 Å². The van der Waals surface area contributed by atoms with Crippen LogP contribution in [0.15, 0.2) is 42.6 Å². The Morgan fingerprint density at radius 3 is 2.69 bits per heavy atom. The van der Waals surface area contributed by atoms with Gasteiger partial charge in [0, 0.05) is 31.9 Å². The Hall–Kier alpha value is -2.71. The first-order chi connectivity index (χ1) is 12.7. The number of methoxy groups -OCH3 is 1. The molecule has 8 heteroatoms. The smallest absolute Gasteiger partial charge is 0.311 e. The van der Waals surface area contributed by atoms with Crippen molar-refractivity contribution >= 4 is 11.5 Å². The normalized spacial score (nSPS) is 16.0. The molecule has 8 nitrogen and oxygen atoms in total. The molecular formula is C18H22N4O4. The number of hydrogen-bond donors (Lipinski definition) is 1. The quantitative estimate of drug-likeness (QED) is 0.601. The molecule has 0 unspecified atom stereocenters. The summed E-state index contributed by atoms with van der Waals surface area (Å²) < 4.78 is 10.7. The average molecular weight is 358 g/mol. The Balaban J connectivity index is 1.80. The van der Waals surface area contributed by atoms with Crippen LogP contribution in [0.1, 0.15) is 11.6 Å². The van der Waals surface area contributed by atoms with Gasteiger partial charge in [-0.15, -0.1) is 0 Å². The number of anilines is 1. The minimum Gasteiger partial charge on any atom is -0.497 e. The summed E-state index contributed by atoms with van der Waals surface area (Å²) >= 11 is 0. The maximum atomic E-state index is 11.2. The molecule has 1 aromatic carbocycles. The number of morpholine rings is 1. The van der Waals surface area contributed by atoms with Crippen LogP contribution in [0.3, 0.4) is 0 Å². The van der Waals surface area contributed by atoms with Gasteiger partial charge in [0.25, 0.3) is 0 Å². The molecule has 0 amide bonds. The lowest BCUT2D eigenvalue weighted by atomic mass is 10.0. The van der Waals surface area contributed by atoms with Gasteiger partial charge in [0.1, 0.15) is 5.75 Å². The summed E-state index contributed by atoms with van der Waals surface area (Å²) in [6, 6.07) is 10.9. The van der Waals surface area contributed by atoms with Gasteiger partial charge < -0.3 is 14.8 Å². The molecule has 2 aromatic rings. The molecule has 1 atom stereocenters. The van der Waals surface area contributed by atoms with Crippen LogP contribution in [0, 0.1) is 10.1 Å². The van der Waals surface area contributed by atoms with Crippen LogP contribution in [0.4, 0.5) is 11.5 Å². The van der Waals surface area contributed by atoms with Gasteiger partial charge in [-0.2, -0.15) is 0 Å². The van der Waals surface area contributed by atoms with Crippen LogP contribution in [0.2, 0.25) is 0 Å². The molecule has 1 aliphatic heterocycles. The van der Waals surface area contributed by atoms with Gasteiger partial charge in [0.15, 0.2) is 0 Å². The zero-order valence-electron chi connectivity index (χ0n) is 14.6. The van der Waals surface area contributed by atoms with E-state index in [-0.39, 0.29) is 17.5 Å². The number of nitrogens with one attached hydrogen (secondary N) is 1. The molecule has 26 heavy (non-hydrogen) atoms. The second kappa shape index (κ2) is 8.59. The third kappa shape index (κ3) is 4.27. The summed E-state index contributed by atoms with van der Waals surface area (Å²) in [6.45, 7) is 3.47. The number of aromatic nitrogens is 1. The van der Waals surface area contributed by atoms with Gasteiger partial charge in [-0.25, -0.2) is 4.98 Å². The molecule has 1 N–H and O–H groups in total. The number of ether oxygens (including phenoxy) is 2. The van der Waals surface area contributed by atoms with Gasteiger partial charge in [-0.05, 0) is 23.8 Å². The van der Waals surface area contributed by atoms with Gasteiger partial charge in [-0.1, -0.05) is 12.1 Å². The largest absolute Gasteiger partial charge is 0.497 e. The molecule has 138 valence electrons. The Labute approximate surface area is 151 Å². The average Bonchev–Trinajstić information content (AvgIpc) is 2.69. The number of nitrogens with zero attached hydrogens (tertiary/aromatic N) is 3. The van der Waals surface area contributed by atoms with E-state index in [0.717, 1.165) is 24.4 Å². The molecule has 1 aromatic heterocycles. The number of pyridine rings is 1. The topological polar surface area (TPSA) is 89.8 Å². The fourth-order valence-corrected chi connectivity index (χ4v) is 3.05. The van der Waals surface area contributed by atoms with Crippen molar-refractivity contribution in [3.05, 3.63) is 58.3 Å². The first-order valence-electron chi connectivity index (χ1n) is 8.48. The van der Waals surface area contributed by atoms with Crippen LogP contribution in [-0.2, 0) is 4.74 Å². The minimum absolute atomic E-state index is 0.0250. The third-order valence-electron chi connectivity index (χ3n) is 4.43. The molecule has 1 fully saturated rings. The zero-order chi connectivity index (χ0) is 18.4. The van der Waals surface area contributed by atoms with Crippen molar-refractivity contribution in [2.24, 2.45) is 0 Å². The van der Waals surface area contributed by atoms with Crippen molar-refractivity contribution in [2.75, 3.05) is 45.3 Å². The SMILES string of the molecule is COc1ccc([C@@H](CNc2ncccc2[N+](=O)[O-])N2CCOCC2)cc1. The third-order valence-corrected chi connectivity index (χ3v) is 4.43. The van der Waals surface area contributed by atoms with Crippen LogP contribution in [0.5, 0.6) is 5.75 Å². The lowest BCUT2D eigenvalue weighted by molar-refractivity contribution is -0.384. The molecule has 0 spiro atoms. The van der Waals surface area contributed by atoms with E-state index in [4.69, 9.17) is 9.47 Å². The second-order valence-electron chi connectivity index (χ2n) is 5.95. The van der Waals surface area contributed by atoms with E-state index in [0.29, 0.717) is 19.8 Å². The standard InChI is InChI=1S/C18H22N4O4/c1-25-15-6-4-14(5-7-15)17(21-9-11-26-12-10-21)13-20-18-16(22(23)24)3-2-8-19-18/h2-8,17H,9-13H2,1H3,(H,19,20)/t17-/m1/s1. The van der Waals surface area contributed by atoms with E-state index in [1.165, 1.54) is 6.07 Å². The van der Waals surface area contributed by atoms with E-state index < -0.39 is 4.92 Å². The van der Waals surface area contributed by atoms with Gasteiger partial charge >= 0.3 is 5.69 Å². The zero-order valence-corrected chi connectivity index (χ0v) is 14.6. The van der Waals surface area contributed by atoms with Crippen LogP contribution < -0.4 is 10.1 Å². The maximum Gasteiger partial charge on any atom is 0.311 e. The second-order valence-corrected chi connectivity index (χ2v) is 5.95. The summed E-state index contributed by atoms with van der Waals surface area (Å²) in [7, 11) is 1.64. The van der Waals surface area contributed by atoms with Crippen molar-refractivity contribution in [1.82, 2.24) is 9.88 Å². The first kappa shape index (κ1) is 18.1. The fourth-order valence-electron chi connectivity index (χ4n) is 3.05. The maximum absolute atomic E-state index is 11.2. The first-order valence-corrected chi connectivity index (χ1v) is 8.48. The lowest BCUT2D eigenvalue weighted by Crippen LogP contribution is -2.41.